The zero-order valence-corrected chi connectivity index (χ0v) is 86.5. The Kier molecular flexibility index (Phi) is 46.0. The van der Waals surface area contributed by atoms with E-state index in [1.807, 2.05) is 58.9 Å². The number of nitrogen functional groups attached to an aromatic ring is 6. The average Bonchev–Trinajstić information content (AvgIpc) is 0.792. The summed E-state index contributed by atoms with van der Waals surface area (Å²) >= 11 is 0. The van der Waals surface area contributed by atoms with Crippen LogP contribution in [0.5, 0.6) is 17.2 Å². The molecule has 0 spiro atoms. The van der Waals surface area contributed by atoms with E-state index in [-0.39, 0.29) is 105 Å². The van der Waals surface area contributed by atoms with Crippen LogP contribution >= 0.6 is 0 Å². The van der Waals surface area contributed by atoms with Crippen LogP contribution in [0.2, 0.25) is 0 Å². The van der Waals surface area contributed by atoms with Gasteiger partial charge in [-0.05, 0) is 150 Å². The summed E-state index contributed by atoms with van der Waals surface area (Å²) in [6.07, 6.45) is 29.4. The lowest BCUT2D eigenvalue weighted by atomic mass is 9.95. The molecule has 0 aromatic carbocycles. The minimum atomic E-state index is -0.778. The van der Waals surface area contributed by atoms with Crippen molar-refractivity contribution in [1.82, 2.24) is 105 Å². The molecule has 786 valence electrons. The summed E-state index contributed by atoms with van der Waals surface area (Å²) in [7, 11) is 3.18. The predicted octanol–water partition coefficient (Wildman–Crippen LogP) is 13.7. The van der Waals surface area contributed by atoms with E-state index in [4.69, 9.17) is 48.6 Å². The first-order valence-corrected chi connectivity index (χ1v) is 49.1. The number of nitrogens with two attached hydrogens (primary N) is 6. The molecule has 0 radical (unpaired) electrons. The highest BCUT2D eigenvalue weighted by Gasteiger charge is 2.29. The minimum Gasteiger partial charge on any atom is -0.495 e. The van der Waals surface area contributed by atoms with Gasteiger partial charge >= 0.3 is 0 Å². The van der Waals surface area contributed by atoms with Crippen LogP contribution in [0.15, 0.2) is 98.0 Å². The second kappa shape index (κ2) is 57.4. The van der Waals surface area contributed by atoms with Crippen molar-refractivity contribution in [2.75, 3.05) is 132 Å². The molecule has 6 atom stereocenters. The van der Waals surface area contributed by atoms with Crippen molar-refractivity contribution in [3.8, 4) is 17.2 Å². The summed E-state index contributed by atoms with van der Waals surface area (Å²) in [5.74, 6) is 7.00. The van der Waals surface area contributed by atoms with Gasteiger partial charge in [-0.15, -0.1) is 0 Å². The molecular formula is C100H149FN34O10. The number of aryl methyl sites for hydroxylation is 2. The van der Waals surface area contributed by atoms with E-state index < -0.39 is 22.5 Å². The second-order valence-electron chi connectivity index (χ2n) is 37.2. The number of fused-ring (bicyclic) bond motifs is 7. The van der Waals surface area contributed by atoms with Gasteiger partial charge in [0.25, 0.3) is 0 Å². The molecule has 0 unspecified atom stereocenters. The van der Waals surface area contributed by atoms with Crippen molar-refractivity contribution in [3.63, 3.8) is 0 Å². The van der Waals surface area contributed by atoms with Crippen LogP contribution in [-0.2, 0) is 0 Å². The molecule has 0 fully saturated rings. The topological polar surface area (TPSA) is 680 Å². The van der Waals surface area contributed by atoms with E-state index in [1.165, 1.54) is 6.07 Å². The molecule has 0 aliphatic rings. The molecule has 26 N–H and O–H groups in total. The zero-order valence-electron chi connectivity index (χ0n) is 86.5. The fourth-order valence-corrected chi connectivity index (χ4v) is 14.7. The molecule has 145 heavy (non-hydrogen) atoms. The third kappa shape index (κ3) is 37.2. The Morgan fingerprint density at radius 3 is 1.03 bits per heavy atom. The number of unbranched alkanes of at least 4 members (excludes halogenated alkanes) is 7. The maximum Gasteiger partial charge on any atom is 0.222 e. The SMILES string of the molecule is CC(C)(O)CC[C@H](CO)Nc1nc(N)nc2cccnc12.CCCCC[C@@](C)(CO)Nc1nc(N)nc2cc(F)cnc12.CCCCC[C@@](C)(CO)Nc1nc(N)nc2cccnc12.CCCC[C@H](CO)Nc1nc(N)nc2cc(C)cnc12.CCCC[C@H](CO)Nc1nc(N)nc2cc(OC)cnc12.CCCC[C@H](CO)Nc1nc(N)nc2cc(OCC)cnc12.COc1cnc2c(NC(C)(C)C)nc(C)nc2c1. The third-order valence-electron chi connectivity index (χ3n) is 22.4. The van der Waals surface area contributed by atoms with E-state index in [0.717, 1.165) is 138 Å². The first-order chi connectivity index (χ1) is 69.3. The molecule has 14 aromatic heterocycles. The van der Waals surface area contributed by atoms with Crippen molar-refractivity contribution < 1.29 is 54.3 Å². The van der Waals surface area contributed by atoms with Crippen LogP contribution in [-0.4, -0.2) is 247 Å². The van der Waals surface area contributed by atoms with Crippen molar-refractivity contribution in [2.45, 2.75) is 272 Å². The Morgan fingerprint density at radius 2 is 0.662 bits per heavy atom. The Bertz CT molecular complexity index is 6370. The number of methoxy groups -OCH3 is 2. The molecule has 45 heteroatoms. The molecule has 0 amide bonds. The van der Waals surface area contributed by atoms with Gasteiger partial charge in [-0.25, -0.2) is 64.2 Å². The summed E-state index contributed by atoms with van der Waals surface area (Å²) in [5.41, 5.74) is 42.3. The monoisotopic (exact) mass is 2010 g/mol. The van der Waals surface area contributed by atoms with E-state index in [1.54, 1.807) is 89.5 Å². The second-order valence-corrected chi connectivity index (χ2v) is 37.2. The van der Waals surface area contributed by atoms with Crippen LogP contribution in [0.1, 0.15) is 223 Å². The smallest absolute Gasteiger partial charge is 0.222 e. The van der Waals surface area contributed by atoms with Crippen molar-refractivity contribution in [3.05, 3.63) is 115 Å². The molecule has 0 aliphatic carbocycles. The van der Waals surface area contributed by atoms with Crippen LogP contribution < -0.4 is 85.8 Å². The Labute approximate surface area is 845 Å². The molecule has 14 aromatic rings. The first kappa shape index (κ1) is 116. The number of halogens is 1. The highest BCUT2D eigenvalue weighted by molar-refractivity contribution is 5.91. The van der Waals surface area contributed by atoms with Crippen LogP contribution in [0.25, 0.3) is 77.2 Å². The maximum atomic E-state index is 13.3. The fourth-order valence-electron chi connectivity index (χ4n) is 14.7. The number of rotatable bonds is 43. The highest BCUT2D eigenvalue weighted by atomic mass is 19.1. The van der Waals surface area contributed by atoms with Gasteiger partial charge in [0, 0.05) is 48.4 Å². The van der Waals surface area contributed by atoms with E-state index in [2.05, 4.69) is 197 Å². The van der Waals surface area contributed by atoms with Crippen molar-refractivity contribution in [2.24, 2.45) is 0 Å². The fraction of sp³-hybridized carbons (Fsp3) is 0.510. The number of nitrogens with zero attached hydrogens (tertiary/aromatic N) is 21. The van der Waals surface area contributed by atoms with E-state index in [0.29, 0.717) is 144 Å². The van der Waals surface area contributed by atoms with Crippen LogP contribution in [0, 0.1) is 19.7 Å². The van der Waals surface area contributed by atoms with Gasteiger partial charge in [0.15, 0.2) is 40.7 Å². The molecule has 0 saturated heterocycles. The summed E-state index contributed by atoms with van der Waals surface area (Å²) in [4.78, 5) is 88.8. The van der Waals surface area contributed by atoms with Gasteiger partial charge in [-0.2, -0.15) is 29.9 Å². The largest absolute Gasteiger partial charge is 0.495 e. The number of ether oxygens (including phenoxy) is 3. The normalized spacial score (nSPS) is 12.9. The lowest BCUT2D eigenvalue weighted by Gasteiger charge is -2.29. The molecule has 14 rings (SSSR count). The Morgan fingerprint density at radius 1 is 0.345 bits per heavy atom. The summed E-state index contributed by atoms with van der Waals surface area (Å²) in [5, 5.41) is 89.7. The van der Waals surface area contributed by atoms with E-state index >= 15 is 0 Å². The number of anilines is 13. The van der Waals surface area contributed by atoms with Gasteiger partial charge < -0.3 is 122 Å². The standard InChI is InChI=1S/C15H22FN5O.C15H23N5O2.C15H23N5O.2C14H21N5O2.C14H21N5O.C13H18N4O/c1-3-4-5-6-15(2,9-22)21-13-12-11(19-14(17)20-13)7-10(16)8-18-12;1-3-5-6-10(9-21)18-14-13-12(19-15(16)20-14)7-11(8-17-13)22-4-2;1-3-4-5-8-15(2,10-21)20-13-12-11(7-6-9-17-12)18-14(16)19-13;1-14(2,21)6-5-9(8-20)17-12-11-10(4-3-7-16-11)18-13(15)19-12;1-3-4-5-9(8-20)17-13-12-11(18-14(15)19-13)6-10(21-2)7-16-12;1-3-4-5-10(8-20)17-13-12-11(18-14(15)19-13)6-9(2)7-16-12;1-8-15-10-6-9(18-5)7-14-11(10)12(16-8)17-13(2,3)4/h7-8,22H,3-6,9H2,1-2H3,(H3,17,19,20,21);7-8,10,21H,3-6,9H2,1-2H3,(H3,16,18,19,20);6-7,9,21H,3-5,8,10H2,1-2H3,(H3,16,18,19,20);3-4,7,9,20-21H,5-6,8H2,1-2H3,(H3,15,17,18,19);6-7,9,20H,3-5,8H2,1-2H3,(H3,15,17,18,19);6-7,10,20H,3-5,8H2,1-2H3,(H3,15,17,18,19);6-7H,1-5H3,(H,15,16,17)/t15-;10-;15-;2*9-;10-;/m010111./s1. The molecule has 0 aliphatic heterocycles. The number of hydrogen-bond donors (Lipinski definition) is 20. The number of aliphatic hydroxyl groups excluding tert-OH is 6. The summed E-state index contributed by atoms with van der Waals surface area (Å²) in [6, 6.07) is 15.4. The number of aliphatic hydroxyl groups is 7. The van der Waals surface area contributed by atoms with E-state index in [9.17, 15) is 40.1 Å². The number of pyridine rings is 7. The Hall–Kier alpha value is -14.1. The lowest BCUT2D eigenvalue weighted by Crippen LogP contribution is -2.39. The van der Waals surface area contributed by atoms with Gasteiger partial charge in [-0.1, -0.05) is 112 Å². The zero-order chi connectivity index (χ0) is 106. The molecule has 14 heterocycles. The summed E-state index contributed by atoms with van der Waals surface area (Å²) < 4.78 is 29.0. The van der Waals surface area contributed by atoms with Gasteiger partial charge in [0.1, 0.15) is 78.5 Å². The van der Waals surface area contributed by atoms with Crippen molar-refractivity contribution >= 4 is 154 Å². The minimum absolute atomic E-state index is 0.0228. The first-order valence-electron chi connectivity index (χ1n) is 49.1. The van der Waals surface area contributed by atoms with Gasteiger partial charge in [-0.3, -0.25) is 15.0 Å². The molecular weight excluding hydrogens is 1860 g/mol. The third-order valence-corrected chi connectivity index (χ3v) is 22.4. The molecule has 0 bridgehead atoms. The molecule has 44 nitrogen and oxygen atoms in total. The predicted molar refractivity (Wildman–Crippen MR) is 573 cm³/mol. The van der Waals surface area contributed by atoms with Gasteiger partial charge in [0.05, 0.1) is 154 Å². The highest BCUT2D eigenvalue weighted by Crippen LogP contribution is 2.33. The van der Waals surface area contributed by atoms with Crippen LogP contribution in [0.4, 0.5) is 80.8 Å². The maximum absolute atomic E-state index is 13.3. The summed E-state index contributed by atoms with van der Waals surface area (Å²) in [6.45, 7) is 30.5. The lowest BCUT2D eigenvalue weighted by molar-refractivity contribution is 0.0653. The Balaban J connectivity index is 0.000000207. The average molecular weight is 2010 g/mol. The van der Waals surface area contributed by atoms with Crippen molar-refractivity contribution in [1.29, 1.82) is 0 Å². The number of hydrogen-bond acceptors (Lipinski definition) is 44. The number of aromatic nitrogens is 21. The quantitative estimate of drug-likeness (QED) is 0.0158. The van der Waals surface area contributed by atoms with Gasteiger partial charge in [0.2, 0.25) is 35.7 Å². The van der Waals surface area contributed by atoms with Crippen LogP contribution in [0.3, 0.4) is 0 Å². The molecule has 0 saturated carbocycles. The number of nitrogens with one attached hydrogen (secondary N) is 7.